The summed E-state index contributed by atoms with van der Waals surface area (Å²) in [6, 6.07) is 9.40. The second kappa shape index (κ2) is 9.56. The molecule has 0 radical (unpaired) electrons. The number of ether oxygens (including phenoxy) is 1. The molecule has 6 nitrogen and oxygen atoms in total. The Bertz CT molecular complexity index is 854. The number of phenolic OH excluding ortho intramolecular Hbond substituents is 1. The van der Waals surface area contributed by atoms with Crippen LogP contribution in [0.1, 0.15) is 23.1 Å². The van der Waals surface area contributed by atoms with Gasteiger partial charge in [0.05, 0.1) is 19.8 Å². The number of carbonyl (C=O) groups excluding carboxylic acids is 1. The molecule has 1 unspecified atom stereocenters. The van der Waals surface area contributed by atoms with E-state index >= 15 is 0 Å². The number of allylic oxidation sites excluding steroid dienone is 1. The minimum atomic E-state index is -0.963. The Balaban J connectivity index is 1.95. The Morgan fingerprint density at radius 2 is 1.74 bits per heavy atom. The van der Waals surface area contributed by atoms with Gasteiger partial charge in [-0.2, -0.15) is 0 Å². The van der Waals surface area contributed by atoms with Gasteiger partial charge in [0.25, 0.3) is 0 Å². The zero-order chi connectivity index (χ0) is 19.8. The van der Waals surface area contributed by atoms with Crippen molar-refractivity contribution in [3.8, 4) is 17.2 Å². The number of ketones is 1. The predicted molar refractivity (Wildman–Crippen MR) is 102 cm³/mol. The van der Waals surface area contributed by atoms with Crippen molar-refractivity contribution in [3.63, 3.8) is 0 Å². The average Bonchev–Trinajstić information content (AvgIpc) is 2.66. The summed E-state index contributed by atoms with van der Waals surface area (Å²) >= 11 is 0. The van der Waals surface area contributed by atoms with Crippen molar-refractivity contribution in [2.45, 2.75) is 19.1 Å². The van der Waals surface area contributed by atoms with Crippen LogP contribution in [0, 0.1) is 0 Å². The molecule has 0 spiro atoms. The summed E-state index contributed by atoms with van der Waals surface area (Å²) < 4.78 is 5.01. The van der Waals surface area contributed by atoms with Gasteiger partial charge in [0.2, 0.25) is 0 Å². The van der Waals surface area contributed by atoms with E-state index in [0.29, 0.717) is 22.4 Å². The first-order chi connectivity index (χ1) is 12.9. The fraction of sp³-hybridized carbons (Fsp3) is 0.190. The third-order valence-electron chi connectivity index (χ3n) is 3.86. The summed E-state index contributed by atoms with van der Waals surface area (Å²) in [4.78, 5) is 12.0. The summed E-state index contributed by atoms with van der Waals surface area (Å²) in [6.07, 6.45) is 4.97. The number of hydrogen-bond acceptors (Lipinski definition) is 6. The minimum absolute atomic E-state index is 0.00704. The van der Waals surface area contributed by atoms with Gasteiger partial charge in [-0.15, -0.1) is 0 Å². The number of benzene rings is 2. The van der Waals surface area contributed by atoms with Crippen LogP contribution in [0.5, 0.6) is 17.2 Å². The fourth-order valence-electron chi connectivity index (χ4n) is 2.39. The normalized spacial score (nSPS) is 12.6. The molecule has 4 N–H and O–H groups in total. The molecule has 6 heteroatoms. The van der Waals surface area contributed by atoms with E-state index in [4.69, 9.17) is 9.84 Å². The molecule has 0 saturated carbocycles. The Hall–Kier alpha value is -3.09. The van der Waals surface area contributed by atoms with Crippen LogP contribution in [0.25, 0.3) is 12.2 Å². The van der Waals surface area contributed by atoms with Crippen LogP contribution in [0.3, 0.4) is 0 Å². The highest BCUT2D eigenvalue weighted by Gasteiger charge is 2.06. The lowest BCUT2D eigenvalue weighted by Crippen LogP contribution is -2.08. The number of aliphatic hydroxyl groups excluding tert-OH is 2. The summed E-state index contributed by atoms with van der Waals surface area (Å²) in [5.41, 5.74) is 1.75. The van der Waals surface area contributed by atoms with Crippen molar-refractivity contribution < 1.29 is 30.0 Å². The van der Waals surface area contributed by atoms with Crippen molar-refractivity contribution >= 4 is 17.9 Å². The molecule has 0 bridgehead atoms. The standard InChI is InChI=1S/C21H22O6/c1-27-21-11-15(5-9-20(21)26)3-7-18(24)12-17(23)6-2-14-4-8-19(25)16(10-14)13-22/h2-11,18,22,24-26H,12-13H2,1H3/b6-2+,7-3+. The van der Waals surface area contributed by atoms with Crippen LogP contribution in [0.15, 0.2) is 48.6 Å². The predicted octanol–water partition coefficient (Wildman–Crippen LogP) is 2.65. The molecule has 0 heterocycles. The summed E-state index contributed by atoms with van der Waals surface area (Å²) in [5.74, 6) is 0.0670. The summed E-state index contributed by atoms with van der Waals surface area (Å²) in [5, 5.41) is 38.2. The molecular weight excluding hydrogens is 348 g/mol. The maximum atomic E-state index is 12.0. The van der Waals surface area contributed by atoms with Crippen molar-refractivity contribution in [1.29, 1.82) is 0 Å². The van der Waals surface area contributed by atoms with E-state index < -0.39 is 6.10 Å². The highest BCUT2D eigenvalue weighted by atomic mass is 16.5. The smallest absolute Gasteiger partial charge is 0.161 e. The van der Waals surface area contributed by atoms with Gasteiger partial charge in [-0.3, -0.25) is 4.79 Å². The van der Waals surface area contributed by atoms with E-state index in [1.165, 1.54) is 31.4 Å². The third-order valence-corrected chi connectivity index (χ3v) is 3.86. The maximum absolute atomic E-state index is 12.0. The van der Waals surface area contributed by atoms with Gasteiger partial charge >= 0.3 is 0 Å². The number of aliphatic hydroxyl groups is 2. The van der Waals surface area contributed by atoms with E-state index in [1.807, 2.05) is 0 Å². The van der Waals surface area contributed by atoms with E-state index in [-0.39, 0.29) is 30.3 Å². The maximum Gasteiger partial charge on any atom is 0.161 e. The van der Waals surface area contributed by atoms with Crippen LogP contribution < -0.4 is 4.74 Å². The number of rotatable bonds is 8. The molecule has 0 aliphatic heterocycles. The van der Waals surface area contributed by atoms with Gasteiger partial charge in [0.15, 0.2) is 17.3 Å². The van der Waals surface area contributed by atoms with Crippen molar-refractivity contribution in [3.05, 3.63) is 65.2 Å². The molecule has 1 atom stereocenters. The first-order valence-electron chi connectivity index (χ1n) is 8.30. The number of methoxy groups -OCH3 is 1. The Morgan fingerprint density at radius 1 is 1.07 bits per heavy atom. The second-order valence-corrected chi connectivity index (χ2v) is 5.91. The van der Waals surface area contributed by atoms with Crippen molar-refractivity contribution in [2.75, 3.05) is 7.11 Å². The van der Waals surface area contributed by atoms with Gasteiger partial charge < -0.3 is 25.2 Å². The molecule has 0 fully saturated rings. The van der Waals surface area contributed by atoms with Crippen LogP contribution in [-0.4, -0.2) is 39.4 Å². The fourth-order valence-corrected chi connectivity index (χ4v) is 2.39. The molecule has 0 amide bonds. The van der Waals surface area contributed by atoms with E-state index in [1.54, 1.807) is 36.4 Å². The van der Waals surface area contributed by atoms with Gasteiger partial charge in [-0.25, -0.2) is 0 Å². The average molecular weight is 370 g/mol. The molecule has 142 valence electrons. The molecule has 2 rings (SSSR count). The largest absolute Gasteiger partial charge is 0.508 e. The van der Waals surface area contributed by atoms with Crippen LogP contribution >= 0.6 is 0 Å². The van der Waals surface area contributed by atoms with Gasteiger partial charge in [-0.1, -0.05) is 30.4 Å². The second-order valence-electron chi connectivity index (χ2n) is 5.91. The zero-order valence-electron chi connectivity index (χ0n) is 14.9. The lowest BCUT2D eigenvalue weighted by Gasteiger charge is -2.05. The molecule has 2 aromatic carbocycles. The van der Waals surface area contributed by atoms with Crippen LogP contribution in [0.2, 0.25) is 0 Å². The monoisotopic (exact) mass is 370 g/mol. The van der Waals surface area contributed by atoms with Gasteiger partial charge in [0, 0.05) is 12.0 Å². The van der Waals surface area contributed by atoms with Crippen molar-refractivity contribution in [2.24, 2.45) is 0 Å². The van der Waals surface area contributed by atoms with Crippen LogP contribution in [-0.2, 0) is 11.4 Å². The summed E-state index contributed by atoms with van der Waals surface area (Å²) in [6.45, 7) is -0.299. The quantitative estimate of drug-likeness (QED) is 0.532. The SMILES string of the molecule is COc1cc(/C=C/C(O)CC(=O)/C=C/c2ccc(O)c(CO)c2)ccc1O. The number of carbonyl (C=O) groups is 1. The minimum Gasteiger partial charge on any atom is -0.508 e. The molecule has 0 saturated heterocycles. The lowest BCUT2D eigenvalue weighted by atomic mass is 10.1. The first-order valence-corrected chi connectivity index (χ1v) is 8.30. The Labute approximate surface area is 157 Å². The number of phenols is 2. The molecule has 0 aliphatic carbocycles. The zero-order valence-corrected chi connectivity index (χ0v) is 14.9. The summed E-state index contributed by atoms with van der Waals surface area (Å²) in [7, 11) is 1.44. The molecule has 27 heavy (non-hydrogen) atoms. The van der Waals surface area contributed by atoms with E-state index in [2.05, 4.69) is 0 Å². The Kier molecular flexibility index (Phi) is 7.16. The third kappa shape index (κ3) is 5.99. The van der Waals surface area contributed by atoms with Gasteiger partial charge in [-0.05, 0) is 41.5 Å². The molecule has 2 aromatic rings. The van der Waals surface area contributed by atoms with Crippen molar-refractivity contribution in [1.82, 2.24) is 0 Å². The van der Waals surface area contributed by atoms with E-state index in [9.17, 15) is 20.1 Å². The number of aromatic hydroxyl groups is 2. The van der Waals surface area contributed by atoms with E-state index in [0.717, 1.165) is 0 Å². The first kappa shape index (κ1) is 20.2. The van der Waals surface area contributed by atoms with Crippen LogP contribution in [0.4, 0.5) is 0 Å². The van der Waals surface area contributed by atoms with Gasteiger partial charge in [0.1, 0.15) is 5.75 Å². The lowest BCUT2D eigenvalue weighted by molar-refractivity contribution is -0.115. The highest BCUT2D eigenvalue weighted by molar-refractivity contribution is 5.94. The topological polar surface area (TPSA) is 107 Å². The molecular formula is C21H22O6. The number of hydrogen-bond donors (Lipinski definition) is 4. The highest BCUT2D eigenvalue weighted by Crippen LogP contribution is 2.26. The Morgan fingerprint density at radius 3 is 2.41 bits per heavy atom. The molecule has 0 aromatic heterocycles. The molecule has 0 aliphatic rings.